The Balaban J connectivity index is 2.83. The summed E-state index contributed by atoms with van der Waals surface area (Å²) in [6.07, 6.45) is 0. The maximum Gasteiger partial charge on any atom is 0.250 e. The number of primary amides is 1. The Morgan fingerprint density at radius 1 is 1.42 bits per heavy atom. The van der Waals surface area contributed by atoms with E-state index in [1.807, 2.05) is 10.8 Å². The molecule has 0 fully saturated rings. The van der Waals surface area contributed by atoms with Gasteiger partial charge in [-0.25, -0.2) is 0 Å². The number of nitrogens with two attached hydrogens (primary N) is 1. The van der Waals surface area contributed by atoms with Crippen LogP contribution in [-0.2, 0) is 0 Å². The van der Waals surface area contributed by atoms with E-state index >= 15 is 0 Å². The van der Waals surface area contributed by atoms with Crippen LogP contribution in [0, 0.1) is 3.57 Å². The van der Waals surface area contributed by atoms with E-state index in [4.69, 9.17) is 5.73 Å². The highest BCUT2D eigenvalue weighted by Gasteiger charge is 2.12. The van der Waals surface area contributed by atoms with Gasteiger partial charge in [-0.3, -0.25) is 4.79 Å². The minimum atomic E-state index is -0.336. The van der Waals surface area contributed by atoms with Crippen LogP contribution in [0.1, 0.15) is 10.4 Å². The standard InChI is InChI=1S/C7H4INOS2/c8-4-2-12-7-5(4)3(1-11-7)6(9)10/h1-2H,(H2,9,10). The van der Waals surface area contributed by atoms with Crippen molar-refractivity contribution in [3.63, 3.8) is 0 Å². The highest BCUT2D eigenvalue weighted by Crippen LogP contribution is 2.34. The summed E-state index contributed by atoms with van der Waals surface area (Å²) in [5, 5.41) is 4.89. The second-order valence-corrected chi connectivity index (χ2v) is 5.44. The highest BCUT2D eigenvalue weighted by molar-refractivity contribution is 14.1. The molecule has 0 saturated heterocycles. The van der Waals surface area contributed by atoms with Crippen molar-refractivity contribution in [3.05, 3.63) is 19.9 Å². The number of amides is 1. The van der Waals surface area contributed by atoms with Gasteiger partial charge in [0, 0.05) is 19.7 Å². The number of fused-ring (bicyclic) bond motifs is 1. The second-order valence-electron chi connectivity index (χ2n) is 2.26. The predicted molar refractivity (Wildman–Crippen MR) is 60.9 cm³/mol. The van der Waals surface area contributed by atoms with Crippen molar-refractivity contribution < 1.29 is 4.79 Å². The van der Waals surface area contributed by atoms with E-state index in [0.717, 1.165) is 8.96 Å². The van der Waals surface area contributed by atoms with Crippen LogP contribution >= 0.6 is 45.3 Å². The molecule has 0 aliphatic heterocycles. The molecule has 0 aromatic carbocycles. The molecule has 0 atom stereocenters. The zero-order valence-electron chi connectivity index (χ0n) is 5.83. The Morgan fingerprint density at radius 2 is 2.08 bits per heavy atom. The minimum absolute atomic E-state index is 0.336. The first-order valence-corrected chi connectivity index (χ1v) is 5.98. The van der Waals surface area contributed by atoms with E-state index < -0.39 is 0 Å². The maximum absolute atomic E-state index is 11.0. The molecule has 2 aromatic rings. The second kappa shape index (κ2) is 2.97. The molecule has 5 heteroatoms. The number of carbonyl (C=O) groups excluding carboxylic acids is 1. The fourth-order valence-electron chi connectivity index (χ4n) is 0.999. The quantitative estimate of drug-likeness (QED) is 0.809. The van der Waals surface area contributed by atoms with Crippen molar-refractivity contribution in [3.8, 4) is 0 Å². The average molecular weight is 309 g/mol. The van der Waals surface area contributed by atoms with E-state index in [2.05, 4.69) is 22.6 Å². The summed E-state index contributed by atoms with van der Waals surface area (Å²) in [5.74, 6) is -0.336. The minimum Gasteiger partial charge on any atom is -0.366 e. The molecule has 0 unspecified atom stereocenters. The fraction of sp³-hybridized carbons (Fsp3) is 0. The van der Waals surface area contributed by atoms with Gasteiger partial charge in [-0.15, -0.1) is 22.7 Å². The number of hydrogen-bond acceptors (Lipinski definition) is 3. The zero-order valence-corrected chi connectivity index (χ0v) is 9.63. The lowest BCUT2D eigenvalue weighted by molar-refractivity contribution is 0.100. The van der Waals surface area contributed by atoms with Crippen LogP contribution < -0.4 is 5.73 Å². The topological polar surface area (TPSA) is 43.1 Å². The van der Waals surface area contributed by atoms with Gasteiger partial charge in [0.1, 0.15) is 0 Å². The van der Waals surface area contributed by atoms with Crippen LogP contribution in [0.25, 0.3) is 9.40 Å². The van der Waals surface area contributed by atoms with E-state index in [-0.39, 0.29) is 5.91 Å². The lowest BCUT2D eigenvalue weighted by Crippen LogP contribution is -2.09. The largest absolute Gasteiger partial charge is 0.366 e. The van der Waals surface area contributed by atoms with Gasteiger partial charge >= 0.3 is 0 Å². The number of thiophene rings is 2. The number of hydrogen-bond donors (Lipinski definition) is 1. The monoisotopic (exact) mass is 309 g/mol. The normalized spacial score (nSPS) is 10.8. The van der Waals surface area contributed by atoms with Gasteiger partial charge in [0.15, 0.2) is 0 Å². The maximum atomic E-state index is 11.0. The summed E-state index contributed by atoms with van der Waals surface area (Å²) in [6, 6.07) is 0. The van der Waals surface area contributed by atoms with E-state index in [0.29, 0.717) is 5.56 Å². The fourth-order valence-corrected chi connectivity index (χ4v) is 4.28. The molecule has 2 nitrogen and oxygen atoms in total. The van der Waals surface area contributed by atoms with Gasteiger partial charge in [0.25, 0.3) is 0 Å². The Labute approximate surface area is 90.5 Å². The van der Waals surface area contributed by atoms with Gasteiger partial charge in [-0.2, -0.15) is 0 Å². The van der Waals surface area contributed by atoms with Gasteiger partial charge in [0.2, 0.25) is 5.91 Å². The third-order valence-electron chi connectivity index (χ3n) is 1.53. The van der Waals surface area contributed by atoms with Crippen LogP contribution in [0.15, 0.2) is 10.8 Å². The highest BCUT2D eigenvalue weighted by atomic mass is 127. The van der Waals surface area contributed by atoms with Crippen molar-refractivity contribution in [2.75, 3.05) is 0 Å². The zero-order chi connectivity index (χ0) is 8.72. The Kier molecular flexibility index (Phi) is 2.09. The average Bonchev–Trinajstić information content (AvgIpc) is 2.53. The molecule has 0 spiro atoms. The first kappa shape index (κ1) is 8.46. The summed E-state index contributed by atoms with van der Waals surface area (Å²) in [7, 11) is 0. The number of rotatable bonds is 1. The van der Waals surface area contributed by atoms with Gasteiger partial charge < -0.3 is 5.73 Å². The lowest BCUT2D eigenvalue weighted by Gasteiger charge is -1.88. The summed E-state index contributed by atoms with van der Waals surface area (Å²) in [5.41, 5.74) is 5.87. The first-order chi connectivity index (χ1) is 5.70. The van der Waals surface area contributed by atoms with Crippen molar-refractivity contribution in [2.45, 2.75) is 0 Å². The van der Waals surface area contributed by atoms with E-state index in [1.165, 1.54) is 4.01 Å². The van der Waals surface area contributed by atoms with Crippen molar-refractivity contribution >= 4 is 60.6 Å². The van der Waals surface area contributed by atoms with E-state index in [1.54, 1.807) is 22.7 Å². The molecule has 2 N–H and O–H groups in total. The molecular formula is C7H4INOS2. The first-order valence-electron chi connectivity index (χ1n) is 3.14. The van der Waals surface area contributed by atoms with Crippen LogP contribution in [-0.4, -0.2) is 5.91 Å². The molecule has 0 bridgehead atoms. The Morgan fingerprint density at radius 3 is 2.75 bits per heavy atom. The molecule has 2 aromatic heterocycles. The summed E-state index contributed by atoms with van der Waals surface area (Å²) in [4.78, 5) is 11.0. The van der Waals surface area contributed by atoms with Crippen molar-refractivity contribution in [1.82, 2.24) is 0 Å². The van der Waals surface area contributed by atoms with Crippen molar-refractivity contribution in [1.29, 1.82) is 0 Å². The van der Waals surface area contributed by atoms with E-state index in [9.17, 15) is 4.79 Å². The van der Waals surface area contributed by atoms with Gasteiger partial charge in [-0.05, 0) is 22.6 Å². The molecular weight excluding hydrogens is 305 g/mol. The smallest absolute Gasteiger partial charge is 0.250 e. The van der Waals surface area contributed by atoms with Crippen LogP contribution in [0.3, 0.4) is 0 Å². The Bertz CT molecular complexity index is 445. The number of halogens is 1. The molecule has 62 valence electrons. The SMILES string of the molecule is NC(=O)c1csc2scc(I)c12. The molecule has 0 aliphatic carbocycles. The predicted octanol–water partition coefficient (Wildman–Crippen LogP) is 2.67. The van der Waals surface area contributed by atoms with Crippen molar-refractivity contribution in [2.24, 2.45) is 5.73 Å². The molecule has 0 saturated carbocycles. The Hall–Kier alpha value is -0.140. The lowest BCUT2D eigenvalue weighted by atomic mass is 10.2. The third kappa shape index (κ3) is 1.16. The summed E-state index contributed by atoms with van der Waals surface area (Å²) >= 11 is 5.45. The van der Waals surface area contributed by atoms with Crippen LogP contribution in [0.4, 0.5) is 0 Å². The molecule has 2 heterocycles. The molecule has 0 radical (unpaired) electrons. The van der Waals surface area contributed by atoms with Gasteiger partial charge in [-0.1, -0.05) is 0 Å². The van der Waals surface area contributed by atoms with Crippen LogP contribution in [0.2, 0.25) is 0 Å². The molecule has 12 heavy (non-hydrogen) atoms. The molecule has 2 rings (SSSR count). The third-order valence-corrected chi connectivity index (χ3v) is 4.93. The summed E-state index contributed by atoms with van der Waals surface area (Å²) in [6.45, 7) is 0. The number of carbonyl (C=O) groups is 1. The molecule has 1 amide bonds. The molecule has 0 aliphatic rings. The van der Waals surface area contributed by atoms with Gasteiger partial charge in [0.05, 0.1) is 9.58 Å². The summed E-state index contributed by atoms with van der Waals surface area (Å²) < 4.78 is 2.29. The van der Waals surface area contributed by atoms with Crippen LogP contribution in [0.5, 0.6) is 0 Å².